The molecule has 1 aromatic heterocycles. The van der Waals surface area contributed by atoms with Gasteiger partial charge in [-0.15, -0.1) is 0 Å². The number of amides is 1. The monoisotopic (exact) mass is 551 g/mol. The number of nitrogens with one attached hydrogen (secondary N) is 1. The van der Waals surface area contributed by atoms with Gasteiger partial charge in [0.15, 0.2) is 0 Å². The van der Waals surface area contributed by atoms with Gasteiger partial charge < -0.3 is 14.6 Å². The van der Waals surface area contributed by atoms with Gasteiger partial charge in [-0.25, -0.2) is 4.98 Å². The molecule has 1 amide bonds. The first-order valence-electron chi connectivity index (χ1n) is 13.9. The molecule has 0 bridgehead atoms. The van der Waals surface area contributed by atoms with E-state index in [2.05, 4.69) is 52.3 Å². The summed E-state index contributed by atoms with van der Waals surface area (Å²) in [6, 6.07) is 34.3. The van der Waals surface area contributed by atoms with Gasteiger partial charge in [-0.05, 0) is 60.2 Å². The lowest BCUT2D eigenvalue weighted by molar-refractivity contribution is -0.120. The number of imidazole rings is 1. The number of unbranched alkanes of at least 4 members (excludes halogenated alkanes) is 1. The molecule has 5 nitrogen and oxygen atoms in total. The predicted molar refractivity (Wildman–Crippen MR) is 163 cm³/mol. The van der Waals surface area contributed by atoms with Crippen LogP contribution >= 0.6 is 11.6 Å². The van der Waals surface area contributed by atoms with Crippen molar-refractivity contribution in [1.82, 2.24) is 14.9 Å². The van der Waals surface area contributed by atoms with Gasteiger partial charge in [0.2, 0.25) is 5.91 Å². The van der Waals surface area contributed by atoms with E-state index in [0.717, 1.165) is 66.0 Å². The number of halogens is 1. The zero-order chi connectivity index (χ0) is 27.6. The highest BCUT2D eigenvalue weighted by molar-refractivity contribution is 6.32. The Bertz CT molecular complexity index is 1530. The molecule has 5 rings (SSSR count). The SMILES string of the molecule is O=C(Cc1ccc(-c2ccccc2)cc1)NCCCc1nc2ccccc2n1CCCCOc1ccccc1Cl. The molecule has 4 aromatic carbocycles. The standard InChI is InChI=1S/C34H34ClN3O2/c35-29-13-4-7-16-32(29)40-24-9-8-23-38-31-15-6-5-14-30(31)37-33(38)17-10-22-36-34(39)25-26-18-20-28(21-19-26)27-11-2-1-3-12-27/h1-7,11-16,18-21H,8-10,17,22-25H2,(H,36,39). The molecule has 6 heteroatoms. The van der Waals surface area contributed by atoms with Crippen LogP contribution in [0.4, 0.5) is 0 Å². The van der Waals surface area contributed by atoms with E-state index >= 15 is 0 Å². The molecule has 0 atom stereocenters. The quantitative estimate of drug-likeness (QED) is 0.154. The van der Waals surface area contributed by atoms with Gasteiger partial charge in [0, 0.05) is 19.5 Å². The van der Waals surface area contributed by atoms with Gasteiger partial charge in [-0.1, -0.05) is 90.5 Å². The molecule has 0 aliphatic carbocycles. The highest BCUT2D eigenvalue weighted by Crippen LogP contribution is 2.24. The number of fused-ring (bicyclic) bond motifs is 1. The van der Waals surface area contributed by atoms with E-state index in [-0.39, 0.29) is 5.91 Å². The minimum Gasteiger partial charge on any atom is -0.492 e. The Kier molecular flexibility index (Phi) is 9.49. The minimum absolute atomic E-state index is 0.0412. The lowest BCUT2D eigenvalue weighted by Crippen LogP contribution is -2.26. The van der Waals surface area contributed by atoms with Gasteiger partial charge in [-0.2, -0.15) is 0 Å². The predicted octanol–water partition coefficient (Wildman–Crippen LogP) is 7.51. The van der Waals surface area contributed by atoms with Gasteiger partial charge in [0.1, 0.15) is 11.6 Å². The van der Waals surface area contributed by atoms with Crippen LogP contribution in [0.2, 0.25) is 5.02 Å². The largest absolute Gasteiger partial charge is 0.492 e. The Balaban J connectivity index is 1.08. The van der Waals surface area contributed by atoms with E-state index in [0.29, 0.717) is 24.6 Å². The molecule has 0 saturated heterocycles. The van der Waals surface area contributed by atoms with Crippen LogP contribution in [0.3, 0.4) is 0 Å². The second kappa shape index (κ2) is 13.8. The van der Waals surface area contributed by atoms with Gasteiger partial charge in [0.05, 0.1) is 29.1 Å². The maximum atomic E-state index is 12.6. The Labute approximate surface area is 240 Å². The molecule has 1 heterocycles. The van der Waals surface area contributed by atoms with Crippen molar-refractivity contribution in [3.8, 4) is 16.9 Å². The lowest BCUT2D eigenvalue weighted by atomic mass is 10.0. The highest BCUT2D eigenvalue weighted by Gasteiger charge is 2.11. The van der Waals surface area contributed by atoms with Gasteiger partial charge in [0.25, 0.3) is 0 Å². The molecule has 204 valence electrons. The summed E-state index contributed by atoms with van der Waals surface area (Å²) in [5.74, 6) is 1.82. The van der Waals surface area contributed by atoms with Gasteiger partial charge in [-0.3, -0.25) is 4.79 Å². The first-order chi connectivity index (χ1) is 19.7. The van der Waals surface area contributed by atoms with Crippen molar-refractivity contribution in [2.24, 2.45) is 0 Å². The second-order valence-corrected chi connectivity index (χ2v) is 10.3. The van der Waals surface area contributed by atoms with Crippen LogP contribution in [-0.2, 0) is 24.2 Å². The van der Waals surface area contributed by atoms with Crippen LogP contribution in [0.25, 0.3) is 22.2 Å². The molecule has 0 fully saturated rings. The van der Waals surface area contributed by atoms with Crippen molar-refractivity contribution in [2.75, 3.05) is 13.2 Å². The summed E-state index contributed by atoms with van der Waals surface area (Å²) < 4.78 is 8.15. The van der Waals surface area contributed by atoms with Crippen LogP contribution in [0.1, 0.15) is 30.7 Å². The molecule has 0 aliphatic rings. The molecular weight excluding hydrogens is 518 g/mol. The number of para-hydroxylation sites is 3. The zero-order valence-corrected chi connectivity index (χ0v) is 23.3. The molecule has 5 aromatic rings. The lowest BCUT2D eigenvalue weighted by Gasteiger charge is -2.11. The fraction of sp³-hybridized carbons (Fsp3) is 0.235. The maximum Gasteiger partial charge on any atom is 0.224 e. The smallest absolute Gasteiger partial charge is 0.224 e. The van der Waals surface area contributed by atoms with Crippen molar-refractivity contribution in [3.05, 3.63) is 120 Å². The summed E-state index contributed by atoms with van der Waals surface area (Å²) in [7, 11) is 0. The summed E-state index contributed by atoms with van der Waals surface area (Å²) in [6.07, 6.45) is 3.90. The first-order valence-corrected chi connectivity index (χ1v) is 14.3. The normalized spacial score (nSPS) is 11.0. The Morgan fingerprint density at radius 2 is 1.52 bits per heavy atom. The Morgan fingerprint density at radius 1 is 0.800 bits per heavy atom. The molecule has 1 N–H and O–H groups in total. The van der Waals surface area contributed by atoms with Crippen LogP contribution in [-0.4, -0.2) is 28.6 Å². The van der Waals surface area contributed by atoms with Crippen LogP contribution in [0, 0.1) is 0 Å². The number of aryl methyl sites for hydroxylation is 2. The van der Waals surface area contributed by atoms with E-state index in [4.69, 9.17) is 21.3 Å². The number of hydrogen-bond donors (Lipinski definition) is 1. The Morgan fingerprint density at radius 3 is 2.35 bits per heavy atom. The number of benzene rings is 4. The van der Waals surface area contributed by atoms with Crippen LogP contribution in [0.15, 0.2) is 103 Å². The van der Waals surface area contributed by atoms with Gasteiger partial charge >= 0.3 is 0 Å². The number of carbonyl (C=O) groups is 1. The van der Waals surface area contributed by atoms with Crippen molar-refractivity contribution >= 4 is 28.5 Å². The minimum atomic E-state index is 0.0412. The number of nitrogens with zero attached hydrogens (tertiary/aromatic N) is 2. The van der Waals surface area contributed by atoms with E-state index in [1.165, 1.54) is 5.56 Å². The zero-order valence-electron chi connectivity index (χ0n) is 22.6. The summed E-state index contributed by atoms with van der Waals surface area (Å²) in [6.45, 7) is 2.11. The van der Waals surface area contributed by atoms with Crippen molar-refractivity contribution in [1.29, 1.82) is 0 Å². The van der Waals surface area contributed by atoms with E-state index < -0.39 is 0 Å². The molecule has 0 saturated carbocycles. The van der Waals surface area contributed by atoms with E-state index in [1.807, 2.05) is 60.7 Å². The molecule has 0 unspecified atom stereocenters. The maximum absolute atomic E-state index is 12.6. The molecular formula is C34H34ClN3O2. The van der Waals surface area contributed by atoms with Crippen molar-refractivity contribution in [3.63, 3.8) is 0 Å². The fourth-order valence-electron chi connectivity index (χ4n) is 4.85. The third-order valence-electron chi connectivity index (χ3n) is 6.93. The van der Waals surface area contributed by atoms with Crippen LogP contribution in [0.5, 0.6) is 5.75 Å². The summed E-state index contributed by atoms with van der Waals surface area (Å²) in [4.78, 5) is 17.5. The number of rotatable bonds is 13. The number of aromatic nitrogens is 2. The third-order valence-corrected chi connectivity index (χ3v) is 7.24. The summed E-state index contributed by atoms with van der Waals surface area (Å²) >= 11 is 6.19. The average molecular weight is 552 g/mol. The molecule has 40 heavy (non-hydrogen) atoms. The second-order valence-electron chi connectivity index (χ2n) is 9.85. The number of ether oxygens (including phenoxy) is 1. The van der Waals surface area contributed by atoms with E-state index in [1.54, 1.807) is 0 Å². The Hall–Kier alpha value is -4.09. The van der Waals surface area contributed by atoms with E-state index in [9.17, 15) is 4.79 Å². The summed E-state index contributed by atoms with van der Waals surface area (Å²) in [5.41, 5.74) is 5.49. The molecule has 0 aliphatic heterocycles. The van der Waals surface area contributed by atoms with Crippen molar-refractivity contribution < 1.29 is 9.53 Å². The molecule has 0 radical (unpaired) electrons. The van der Waals surface area contributed by atoms with Crippen LogP contribution < -0.4 is 10.1 Å². The first kappa shape index (κ1) is 27.5. The summed E-state index contributed by atoms with van der Waals surface area (Å²) in [5, 5.41) is 3.72. The van der Waals surface area contributed by atoms with Crippen molar-refractivity contribution in [2.45, 2.75) is 38.6 Å². The fourth-order valence-corrected chi connectivity index (χ4v) is 5.04. The topological polar surface area (TPSA) is 56.2 Å². The number of hydrogen-bond acceptors (Lipinski definition) is 3. The molecule has 0 spiro atoms. The third kappa shape index (κ3) is 7.30. The average Bonchev–Trinajstić information content (AvgIpc) is 3.34. The highest BCUT2D eigenvalue weighted by atomic mass is 35.5. The number of carbonyl (C=O) groups excluding carboxylic acids is 1.